The minimum atomic E-state index is -0.700. The standard InChI is InChI=1S/C24H20ClN3O7/c1-2-33-22-12-16(14-26-27-23(29)15-34-20-5-3-4-18(25)13-20)6-11-21(22)35-24(30)17-7-9-19(10-8-17)28(31)32/h3-14H,2,15H2,1H3,(H,27,29). The van der Waals surface area contributed by atoms with Crippen LogP contribution in [0.5, 0.6) is 17.2 Å². The van der Waals surface area contributed by atoms with Gasteiger partial charge >= 0.3 is 5.97 Å². The molecule has 3 aromatic rings. The summed E-state index contributed by atoms with van der Waals surface area (Å²) in [6.45, 7) is 1.82. The van der Waals surface area contributed by atoms with Crippen molar-refractivity contribution in [3.05, 3.63) is 93.0 Å². The third-order valence-corrected chi connectivity index (χ3v) is 4.59. The number of non-ortho nitro benzene ring substituents is 1. The second-order valence-corrected chi connectivity index (χ2v) is 7.31. The Morgan fingerprint density at radius 1 is 1.06 bits per heavy atom. The molecule has 10 nitrogen and oxygen atoms in total. The molecule has 0 fully saturated rings. The van der Waals surface area contributed by atoms with Crippen molar-refractivity contribution < 1.29 is 28.7 Å². The second kappa shape index (κ2) is 12.1. The first kappa shape index (κ1) is 25.2. The zero-order valence-electron chi connectivity index (χ0n) is 18.5. The molecule has 1 N–H and O–H groups in total. The van der Waals surface area contributed by atoms with Crippen LogP contribution in [0.2, 0.25) is 5.02 Å². The molecule has 0 aliphatic heterocycles. The first-order chi connectivity index (χ1) is 16.9. The topological polar surface area (TPSA) is 129 Å². The summed E-state index contributed by atoms with van der Waals surface area (Å²) in [4.78, 5) is 34.6. The van der Waals surface area contributed by atoms with Crippen LogP contribution in [0.15, 0.2) is 71.8 Å². The summed E-state index contributed by atoms with van der Waals surface area (Å²) in [5.41, 5.74) is 2.92. The highest BCUT2D eigenvalue weighted by Gasteiger charge is 2.15. The van der Waals surface area contributed by atoms with Crippen LogP contribution in [0.4, 0.5) is 5.69 Å². The monoisotopic (exact) mass is 497 g/mol. The number of amides is 1. The van der Waals surface area contributed by atoms with Crippen LogP contribution in [0.25, 0.3) is 0 Å². The van der Waals surface area contributed by atoms with E-state index in [9.17, 15) is 19.7 Å². The van der Waals surface area contributed by atoms with Crippen molar-refractivity contribution in [2.75, 3.05) is 13.2 Å². The van der Waals surface area contributed by atoms with Gasteiger partial charge in [0.2, 0.25) is 0 Å². The van der Waals surface area contributed by atoms with E-state index in [0.717, 1.165) is 0 Å². The maximum atomic E-state index is 12.4. The molecule has 0 unspecified atom stereocenters. The van der Waals surface area contributed by atoms with Gasteiger partial charge in [-0.2, -0.15) is 5.10 Å². The molecule has 180 valence electrons. The van der Waals surface area contributed by atoms with E-state index in [1.807, 2.05) is 0 Å². The highest BCUT2D eigenvalue weighted by Crippen LogP contribution is 2.29. The van der Waals surface area contributed by atoms with Crippen LogP contribution in [-0.2, 0) is 4.79 Å². The third kappa shape index (κ3) is 7.54. The van der Waals surface area contributed by atoms with E-state index in [-0.39, 0.29) is 29.4 Å². The fourth-order valence-corrected chi connectivity index (χ4v) is 2.93. The smallest absolute Gasteiger partial charge is 0.343 e. The van der Waals surface area contributed by atoms with Crippen LogP contribution in [0.1, 0.15) is 22.8 Å². The fourth-order valence-electron chi connectivity index (χ4n) is 2.75. The van der Waals surface area contributed by atoms with Crippen LogP contribution in [0.3, 0.4) is 0 Å². The number of benzene rings is 3. The number of carbonyl (C=O) groups is 2. The molecule has 0 aromatic heterocycles. The van der Waals surface area contributed by atoms with E-state index >= 15 is 0 Å². The third-order valence-electron chi connectivity index (χ3n) is 4.35. The molecule has 1 amide bonds. The Morgan fingerprint density at radius 3 is 2.51 bits per heavy atom. The molecule has 0 spiro atoms. The van der Waals surface area contributed by atoms with Gasteiger partial charge < -0.3 is 14.2 Å². The minimum Gasteiger partial charge on any atom is -0.490 e. The van der Waals surface area contributed by atoms with Crippen molar-refractivity contribution in [3.63, 3.8) is 0 Å². The Labute approximate surface area is 205 Å². The second-order valence-electron chi connectivity index (χ2n) is 6.87. The Morgan fingerprint density at radius 2 is 1.83 bits per heavy atom. The summed E-state index contributed by atoms with van der Waals surface area (Å²) in [6, 6.07) is 16.4. The van der Waals surface area contributed by atoms with Gasteiger partial charge in [0, 0.05) is 17.2 Å². The summed E-state index contributed by atoms with van der Waals surface area (Å²) in [5.74, 6) is -0.278. The lowest BCUT2D eigenvalue weighted by Crippen LogP contribution is -2.24. The molecule has 0 atom stereocenters. The maximum absolute atomic E-state index is 12.4. The Kier molecular flexibility index (Phi) is 8.74. The lowest BCUT2D eigenvalue weighted by molar-refractivity contribution is -0.384. The lowest BCUT2D eigenvalue weighted by atomic mass is 10.2. The highest BCUT2D eigenvalue weighted by atomic mass is 35.5. The number of carbonyl (C=O) groups excluding carboxylic acids is 2. The zero-order chi connectivity index (χ0) is 25.2. The Balaban J connectivity index is 1.60. The van der Waals surface area contributed by atoms with Gasteiger partial charge in [0.05, 0.1) is 23.3 Å². The van der Waals surface area contributed by atoms with E-state index in [0.29, 0.717) is 22.9 Å². The Hall–Kier alpha value is -4.44. The molecule has 0 heterocycles. The molecular weight excluding hydrogens is 478 g/mol. The van der Waals surface area contributed by atoms with Gasteiger partial charge in [0.1, 0.15) is 5.75 Å². The summed E-state index contributed by atoms with van der Waals surface area (Å²) in [6.07, 6.45) is 1.39. The fraction of sp³-hybridized carbons (Fsp3) is 0.125. The lowest BCUT2D eigenvalue weighted by Gasteiger charge is -2.11. The van der Waals surface area contributed by atoms with E-state index in [4.69, 9.17) is 25.8 Å². The average Bonchev–Trinajstić information content (AvgIpc) is 2.84. The van der Waals surface area contributed by atoms with Crippen molar-refractivity contribution in [1.82, 2.24) is 5.43 Å². The van der Waals surface area contributed by atoms with Crippen molar-refractivity contribution in [2.24, 2.45) is 5.10 Å². The van der Waals surface area contributed by atoms with Crippen molar-refractivity contribution in [2.45, 2.75) is 6.92 Å². The number of nitrogens with zero attached hydrogens (tertiary/aromatic N) is 2. The van der Waals surface area contributed by atoms with Crippen LogP contribution < -0.4 is 19.6 Å². The number of hydrogen-bond donors (Lipinski definition) is 1. The number of nitrogens with one attached hydrogen (secondary N) is 1. The molecular formula is C24H20ClN3O7. The first-order valence-corrected chi connectivity index (χ1v) is 10.7. The van der Waals surface area contributed by atoms with E-state index in [2.05, 4.69) is 10.5 Å². The summed E-state index contributed by atoms with van der Waals surface area (Å²) < 4.78 is 16.3. The predicted molar refractivity (Wildman–Crippen MR) is 128 cm³/mol. The summed E-state index contributed by atoms with van der Waals surface area (Å²) in [5, 5.41) is 15.1. The number of halogens is 1. The molecule has 0 aliphatic rings. The number of rotatable bonds is 10. The van der Waals surface area contributed by atoms with Crippen molar-refractivity contribution in [1.29, 1.82) is 0 Å². The van der Waals surface area contributed by atoms with Gasteiger partial charge in [-0.25, -0.2) is 10.2 Å². The molecule has 0 aliphatic carbocycles. The van der Waals surface area contributed by atoms with Crippen LogP contribution in [0, 0.1) is 10.1 Å². The van der Waals surface area contributed by atoms with E-state index in [1.165, 1.54) is 36.5 Å². The van der Waals surface area contributed by atoms with Crippen molar-refractivity contribution in [3.8, 4) is 17.2 Å². The number of nitro benzene ring substituents is 1. The number of hydrazone groups is 1. The van der Waals surface area contributed by atoms with Crippen LogP contribution >= 0.6 is 11.6 Å². The highest BCUT2D eigenvalue weighted by molar-refractivity contribution is 6.30. The van der Waals surface area contributed by atoms with Gasteiger partial charge in [0.25, 0.3) is 11.6 Å². The van der Waals surface area contributed by atoms with Gasteiger partial charge in [-0.3, -0.25) is 14.9 Å². The van der Waals surface area contributed by atoms with Gasteiger partial charge in [-0.15, -0.1) is 0 Å². The van der Waals surface area contributed by atoms with E-state index in [1.54, 1.807) is 43.3 Å². The van der Waals surface area contributed by atoms with Crippen molar-refractivity contribution >= 4 is 35.4 Å². The zero-order valence-corrected chi connectivity index (χ0v) is 19.2. The number of esters is 1. The summed E-state index contributed by atoms with van der Waals surface area (Å²) in [7, 11) is 0. The normalized spacial score (nSPS) is 10.6. The molecule has 35 heavy (non-hydrogen) atoms. The molecule has 0 bridgehead atoms. The minimum absolute atomic E-state index is 0.136. The molecule has 3 aromatic carbocycles. The molecule has 0 radical (unpaired) electrons. The molecule has 3 rings (SSSR count). The van der Waals surface area contributed by atoms with Gasteiger partial charge in [-0.1, -0.05) is 17.7 Å². The average molecular weight is 498 g/mol. The number of nitro groups is 1. The quantitative estimate of drug-likeness (QED) is 0.144. The SMILES string of the molecule is CCOc1cc(C=NNC(=O)COc2cccc(Cl)c2)ccc1OC(=O)c1ccc([N+](=O)[O-])cc1. The van der Waals surface area contributed by atoms with Gasteiger partial charge in [-0.05, 0) is 61.0 Å². The first-order valence-electron chi connectivity index (χ1n) is 10.3. The molecule has 11 heteroatoms. The number of hydrogen-bond acceptors (Lipinski definition) is 8. The molecule has 0 saturated carbocycles. The van der Waals surface area contributed by atoms with Crippen LogP contribution in [-0.4, -0.2) is 36.2 Å². The van der Waals surface area contributed by atoms with E-state index < -0.39 is 16.8 Å². The van der Waals surface area contributed by atoms with Gasteiger partial charge in [0.15, 0.2) is 18.1 Å². The summed E-state index contributed by atoms with van der Waals surface area (Å²) >= 11 is 5.87. The Bertz CT molecular complexity index is 1250. The molecule has 0 saturated heterocycles. The maximum Gasteiger partial charge on any atom is 0.343 e. The predicted octanol–water partition coefficient (Wildman–Crippen LogP) is 4.40. The number of ether oxygens (including phenoxy) is 3. The largest absolute Gasteiger partial charge is 0.490 e.